The first-order chi connectivity index (χ1) is 6.21. The van der Waals surface area contributed by atoms with Gasteiger partial charge in [0.15, 0.2) is 5.82 Å². The number of aromatic nitrogens is 2. The molecule has 1 aromatic heterocycles. The zero-order chi connectivity index (χ0) is 9.31. The second-order valence-corrected chi connectivity index (χ2v) is 4.74. The molecule has 0 bridgehead atoms. The van der Waals surface area contributed by atoms with Crippen LogP contribution in [0.25, 0.3) is 0 Å². The van der Waals surface area contributed by atoms with Crippen LogP contribution in [0.5, 0.6) is 0 Å². The summed E-state index contributed by atoms with van der Waals surface area (Å²) in [5.74, 6) is 0.738. The molecule has 3 nitrogen and oxygen atoms in total. The highest BCUT2D eigenvalue weighted by Gasteiger charge is 2.33. The number of nitrogens with zero attached hydrogens (tertiary/aromatic N) is 2. The van der Waals surface area contributed by atoms with E-state index in [4.69, 9.17) is 16.3 Å². The van der Waals surface area contributed by atoms with Crippen molar-refractivity contribution >= 4 is 23.1 Å². The average molecular weight is 219 g/mol. The Kier molecular flexibility index (Phi) is 2.53. The summed E-state index contributed by atoms with van der Waals surface area (Å²) in [5.41, 5.74) is -0.304. The summed E-state index contributed by atoms with van der Waals surface area (Å²) in [6.45, 7) is 2.83. The summed E-state index contributed by atoms with van der Waals surface area (Å²) in [4.78, 5) is 4.15. The fourth-order valence-electron chi connectivity index (χ4n) is 1.53. The minimum atomic E-state index is -0.304. The third kappa shape index (κ3) is 1.85. The number of hydrogen-bond donors (Lipinski definition) is 0. The SMILES string of the molecule is CC1(c2nsc(Cl)n2)CCCCO1. The van der Waals surface area contributed by atoms with Crippen LogP contribution in [0.15, 0.2) is 0 Å². The zero-order valence-corrected chi connectivity index (χ0v) is 8.99. The van der Waals surface area contributed by atoms with Crippen molar-refractivity contribution in [1.82, 2.24) is 9.36 Å². The lowest BCUT2D eigenvalue weighted by atomic mass is 9.95. The molecule has 5 heteroatoms. The Labute approximate surface area is 86.3 Å². The molecule has 0 amide bonds. The van der Waals surface area contributed by atoms with Crippen molar-refractivity contribution in [3.05, 3.63) is 10.3 Å². The maximum atomic E-state index is 5.73. The molecule has 0 spiro atoms. The van der Waals surface area contributed by atoms with E-state index in [-0.39, 0.29) is 5.60 Å². The molecule has 0 radical (unpaired) electrons. The van der Waals surface area contributed by atoms with Gasteiger partial charge in [0.2, 0.25) is 4.47 Å². The van der Waals surface area contributed by atoms with Gasteiger partial charge in [-0.3, -0.25) is 0 Å². The first kappa shape index (κ1) is 9.37. The van der Waals surface area contributed by atoms with Crippen molar-refractivity contribution in [2.24, 2.45) is 0 Å². The third-order valence-corrected chi connectivity index (χ3v) is 3.14. The number of rotatable bonds is 1. The van der Waals surface area contributed by atoms with E-state index in [0.29, 0.717) is 4.47 Å². The lowest BCUT2D eigenvalue weighted by Gasteiger charge is -2.30. The Hall–Kier alpha value is -0.190. The van der Waals surface area contributed by atoms with Crippen LogP contribution in [-0.4, -0.2) is 16.0 Å². The van der Waals surface area contributed by atoms with E-state index < -0.39 is 0 Å². The van der Waals surface area contributed by atoms with Crippen LogP contribution in [0.2, 0.25) is 4.47 Å². The largest absolute Gasteiger partial charge is 0.367 e. The van der Waals surface area contributed by atoms with Gasteiger partial charge >= 0.3 is 0 Å². The molecule has 1 unspecified atom stereocenters. The van der Waals surface area contributed by atoms with Crippen LogP contribution < -0.4 is 0 Å². The summed E-state index contributed by atoms with van der Waals surface area (Å²) in [6.07, 6.45) is 3.29. The Morgan fingerprint density at radius 2 is 2.38 bits per heavy atom. The van der Waals surface area contributed by atoms with Crippen molar-refractivity contribution in [2.75, 3.05) is 6.61 Å². The van der Waals surface area contributed by atoms with Gasteiger partial charge in [0.1, 0.15) is 5.60 Å². The van der Waals surface area contributed by atoms with Crippen molar-refractivity contribution in [1.29, 1.82) is 0 Å². The first-order valence-electron chi connectivity index (χ1n) is 4.34. The monoisotopic (exact) mass is 218 g/mol. The van der Waals surface area contributed by atoms with Gasteiger partial charge in [-0.1, -0.05) is 0 Å². The van der Waals surface area contributed by atoms with E-state index in [1.54, 1.807) is 0 Å². The van der Waals surface area contributed by atoms with Crippen LogP contribution in [0, 0.1) is 0 Å². The van der Waals surface area contributed by atoms with Crippen LogP contribution in [0.3, 0.4) is 0 Å². The van der Waals surface area contributed by atoms with Gasteiger partial charge in [-0.05, 0) is 49.3 Å². The lowest BCUT2D eigenvalue weighted by molar-refractivity contribution is -0.0753. The Balaban J connectivity index is 2.22. The van der Waals surface area contributed by atoms with Crippen molar-refractivity contribution in [2.45, 2.75) is 31.8 Å². The molecular weight excluding hydrogens is 208 g/mol. The fraction of sp³-hybridized carbons (Fsp3) is 0.750. The van der Waals surface area contributed by atoms with Gasteiger partial charge in [-0.2, -0.15) is 4.37 Å². The van der Waals surface area contributed by atoms with Gasteiger partial charge in [-0.15, -0.1) is 0 Å². The molecule has 1 fully saturated rings. The molecule has 1 saturated heterocycles. The van der Waals surface area contributed by atoms with Crippen molar-refractivity contribution in [3.8, 4) is 0 Å². The van der Waals surface area contributed by atoms with E-state index >= 15 is 0 Å². The standard InChI is InChI=1S/C8H11ClN2OS/c1-8(4-2-3-5-12-8)6-10-7(9)13-11-6/h2-5H2,1H3. The molecule has 1 atom stereocenters. The van der Waals surface area contributed by atoms with Gasteiger partial charge < -0.3 is 4.74 Å². The predicted octanol–water partition coefficient (Wildman–Crippen LogP) is 2.61. The molecule has 1 aromatic rings. The summed E-state index contributed by atoms with van der Waals surface area (Å²) in [7, 11) is 0. The number of ether oxygens (including phenoxy) is 1. The van der Waals surface area contributed by atoms with Gasteiger partial charge in [0.25, 0.3) is 0 Å². The highest BCUT2D eigenvalue weighted by Crippen LogP contribution is 2.33. The van der Waals surface area contributed by atoms with Gasteiger partial charge in [0.05, 0.1) is 0 Å². The molecular formula is C8H11ClN2OS. The van der Waals surface area contributed by atoms with E-state index in [2.05, 4.69) is 9.36 Å². The summed E-state index contributed by atoms with van der Waals surface area (Å²) in [5, 5.41) is 0. The maximum Gasteiger partial charge on any atom is 0.203 e. The van der Waals surface area contributed by atoms with Gasteiger partial charge in [-0.25, -0.2) is 4.98 Å². The molecule has 13 heavy (non-hydrogen) atoms. The second-order valence-electron chi connectivity index (χ2n) is 3.41. The van der Waals surface area contributed by atoms with Crippen LogP contribution in [0.4, 0.5) is 0 Å². The molecule has 1 aliphatic heterocycles. The van der Waals surface area contributed by atoms with E-state index in [1.165, 1.54) is 18.0 Å². The van der Waals surface area contributed by atoms with Crippen LogP contribution in [0.1, 0.15) is 32.0 Å². The average Bonchev–Trinajstić information content (AvgIpc) is 2.54. The second kappa shape index (κ2) is 3.52. The quantitative estimate of drug-likeness (QED) is 0.727. The normalized spacial score (nSPS) is 29.1. The Morgan fingerprint density at radius 3 is 2.92 bits per heavy atom. The molecule has 2 heterocycles. The van der Waals surface area contributed by atoms with E-state index in [0.717, 1.165) is 25.3 Å². The molecule has 0 aliphatic carbocycles. The van der Waals surface area contributed by atoms with E-state index in [9.17, 15) is 0 Å². The molecule has 0 saturated carbocycles. The smallest absolute Gasteiger partial charge is 0.203 e. The van der Waals surface area contributed by atoms with Crippen LogP contribution >= 0.6 is 23.1 Å². The Bertz CT molecular complexity index is 296. The fourth-order valence-corrected chi connectivity index (χ4v) is 2.24. The summed E-state index contributed by atoms with van der Waals surface area (Å²) in [6, 6.07) is 0. The summed E-state index contributed by atoms with van der Waals surface area (Å²) >= 11 is 6.95. The predicted molar refractivity (Wildman–Crippen MR) is 52.1 cm³/mol. The zero-order valence-electron chi connectivity index (χ0n) is 7.42. The first-order valence-corrected chi connectivity index (χ1v) is 5.49. The minimum Gasteiger partial charge on any atom is -0.367 e. The molecule has 0 aromatic carbocycles. The lowest BCUT2D eigenvalue weighted by Crippen LogP contribution is -2.31. The van der Waals surface area contributed by atoms with E-state index in [1.807, 2.05) is 6.92 Å². The highest BCUT2D eigenvalue weighted by atomic mass is 35.5. The molecule has 2 rings (SSSR count). The maximum absolute atomic E-state index is 5.73. The summed E-state index contributed by atoms with van der Waals surface area (Å²) < 4.78 is 10.4. The topological polar surface area (TPSA) is 35.0 Å². The molecule has 1 aliphatic rings. The van der Waals surface area contributed by atoms with Crippen molar-refractivity contribution < 1.29 is 4.74 Å². The number of halogens is 1. The Morgan fingerprint density at radius 1 is 1.54 bits per heavy atom. The minimum absolute atomic E-state index is 0.304. The highest BCUT2D eigenvalue weighted by molar-refractivity contribution is 7.10. The number of hydrogen-bond acceptors (Lipinski definition) is 4. The third-order valence-electron chi connectivity index (χ3n) is 2.34. The van der Waals surface area contributed by atoms with Gasteiger partial charge in [0, 0.05) is 6.61 Å². The van der Waals surface area contributed by atoms with Crippen LogP contribution in [-0.2, 0) is 10.3 Å². The molecule has 72 valence electrons. The molecule has 0 N–H and O–H groups in total. The van der Waals surface area contributed by atoms with Crippen molar-refractivity contribution in [3.63, 3.8) is 0 Å².